The van der Waals surface area contributed by atoms with E-state index >= 15 is 0 Å². The van der Waals surface area contributed by atoms with E-state index in [0.717, 1.165) is 32.4 Å². The summed E-state index contributed by atoms with van der Waals surface area (Å²) in [6.45, 7) is 6.40. The molecule has 86 valence electrons. The van der Waals surface area contributed by atoms with Gasteiger partial charge in [0.2, 0.25) is 5.91 Å². The molecule has 0 unspecified atom stereocenters. The van der Waals surface area contributed by atoms with E-state index < -0.39 is 0 Å². The topological polar surface area (TPSA) is 50.4 Å². The molecule has 0 bridgehead atoms. The van der Waals surface area contributed by atoms with Crippen LogP contribution in [0.4, 0.5) is 0 Å². The number of rotatable bonds is 6. The van der Waals surface area contributed by atoms with E-state index in [1.165, 1.54) is 0 Å². The minimum absolute atomic E-state index is 0.0321. The van der Waals surface area contributed by atoms with Crippen molar-refractivity contribution in [2.75, 3.05) is 26.2 Å². The molecule has 0 aromatic carbocycles. The number of carbonyl (C=O) groups is 1. The highest BCUT2D eigenvalue weighted by Gasteiger charge is 2.14. The lowest BCUT2D eigenvalue weighted by Gasteiger charge is -2.22. The van der Waals surface area contributed by atoms with Gasteiger partial charge in [-0.05, 0) is 32.4 Å². The highest BCUT2D eigenvalue weighted by molar-refractivity contribution is 5.77. The van der Waals surface area contributed by atoms with Crippen LogP contribution in [0.15, 0.2) is 12.7 Å². The molecule has 1 aliphatic rings. The Morgan fingerprint density at radius 3 is 2.93 bits per heavy atom. The van der Waals surface area contributed by atoms with Gasteiger partial charge in [-0.3, -0.25) is 4.79 Å². The Bertz CT molecular complexity index is 201. The van der Waals surface area contributed by atoms with E-state index in [9.17, 15) is 4.79 Å². The van der Waals surface area contributed by atoms with Crippen molar-refractivity contribution >= 4 is 5.91 Å². The fraction of sp³-hybridized carbons (Fsp3) is 0.727. The van der Waals surface area contributed by atoms with Gasteiger partial charge < -0.3 is 15.4 Å². The average Bonchev–Trinajstić information content (AvgIpc) is 2.28. The number of hydrogen-bond donors (Lipinski definition) is 2. The van der Waals surface area contributed by atoms with Crippen LogP contribution in [-0.2, 0) is 9.53 Å². The predicted octanol–water partition coefficient (Wildman–Crippen LogP) is 0.447. The van der Waals surface area contributed by atoms with Crippen molar-refractivity contribution in [1.29, 1.82) is 0 Å². The van der Waals surface area contributed by atoms with E-state index in [1.807, 2.05) is 0 Å². The summed E-state index contributed by atoms with van der Waals surface area (Å²) in [5.74, 6) is -0.0321. The predicted molar refractivity (Wildman–Crippen MR) is 59.7 cm³/mol. The Labute approximate surface area is 91.1 Å². The van der Waals surface area contributed by atoms with Crippen molar-refractivity contribution < 1.29 is 9.53 Å². The summed E-state index contributed by atoms with van der Waals surface area (Å²) in [7, 11) is 0. The molecule has 0 spiro atoms. The van der Waals surface area contributed by atoms with Crippen molar-refractivity contribution in [1.82, 2.24) is 10.6 Å². The second kappa shape index (κ2) is 7.43. The monoisotopic (exact) mass is 212 g/mol. The Balaban J connectivity index is 2.02. The first-order valence-electron chi connectivity index (χ1n) is 5.53. The molecule has 0 atom stereocenters. The number of piperidine rings is 1. The molecule has 15 heavy (non-hydrogen) atoms. The van der Waals surface area contributed by atoms with E-state index in [2.05, 4.69) is 17.2 Å². The van der Waals surface area contributed by atoms with Crippen molar-refractivity contribution in [2.24, 2.45) is 0 Å². The molecule has 0 aromatic heterocycles. The van der Waals surface area contributed by atoms with Crippen LogP contribution in [-0.4, -0.2) is 38.3 Å². The van der Waals surface area contributed by atoms with Crippen LogP contribution >= 0.6 is 0 Å². The number of nitrogens with one attached hydrogen (secondary N) is 2. The van der Waals surface area contributed by atoms with Gasteiger partial charge in [-0.25, -0.2) is 0 Å². The second-order valence-corrected chi connectivity index (χ2v) is 3.69. The molecular formula is C11H20N2O2. The molecule has 1 heterocycles. The van der Waals surface area contributed by atoms with E-state index in [1.54, 1.807) is 6.08 Å². The summed E-state index contributed by atoms with van der Waals surface area (Å²) in [4.78, 5) is 11.3. The van der Waals surface area contributed by atoms with E-state index in [-0.39, 0.29) is 18.6 Å². The Morgan fingerprint density at radius 1 is 1.53 bits per heavy atom. The maximum Gasteiger partial charge on any atom is 0.246 e. The number of ether oxygens (including phenoxy) is 1. The molecule has 0 saturated carbocycles. The van der Waals surface area contributed by atoms with Crippen molar-refractivity contribution in [3.8, 4) is 0 Å². The van der Waals surface area contributed by atoms with Crippen LogP contribution in [0.2, 0.25) is 0 Å². The third kappa shape index (κ3) is 5.54. The largest absolute Gasteiger partial charge is 0.368 e. The third-order valence-corrected chi connectivity index (χ3v) is 2.41. The normalized spacial score (nSPS) is 17.3. The molecule has 1 fully saturated rings. The first kappa shape index (κ1) is 12.2. The van der Waals surface area contributed by atoms with E-state index in [4.69, 9.17) is 4.74 Å². The van der Waals surface area contributed by atoms with Crippen LogP contribution in [0.5, 0.6) is 0 Å². The van der Waals surface area contributed by atoms with Crippen LogP contribution in [0.25, 0.3) is 0 Å². The smallest absolute Gasteiger partial charge is 0.246 e. The molecule has 0 radical (unpaired) electrons. The molecule has 0 aromatic rings. The summed E-state index contributed by atoms with van der Waals surface area (Å²) in [5, 5.41) is 6.02. The lowest BCUT2D eigenvalue weighted by atomic mass is 10.1. The molecule has 4 nitrogen and oxygen atoms in total. The summed E-state index contributed by atoms with van der Waals surface area (Å²) in [6, 6.07) is 0. The summed E-state index contributed by atoms with van der Waals surface area (Å²) >= 11 is 0. The fourth-order valence-electron chi connectivity index (χ4n) is 1.52. The standard InChI is InChI=1S/C11H20N2O2/c1-2-3-6-13-11(14)9-15-10-4-7-12-8-5-10/h2,10,12H,1,3-9H2,(H,13,14). The minimum Gasteiger partial charge on any atom is -0.368 e. The SMILES string of the molecule is C=CCCNC(=O)COC1CCNCC1. The fourth-order valence-corrected chi connectivity index (χ4v) is 1.52. The summed E-state index contributed by atoms with van der Waals surface area (Å²) in [5.41, 5.74) is 0. The van der Waals surface area contributed by atoms with Crippen LogP contribution < -0.4 is 10.6 Å². The molecule has 1 rings (SSSR count). The second-order valence-electron chi connectivity index (χ2n) is 3.69. The minimum atomic E-state index is -0.0321. The first-order chi connectivity index (χ1) is 7.33. The Kier molecular flexibility index (Phi) is 6.04. The van der Waals surface area contributed by atoms with Crippen LogP contribution in [0, 0.1) is 0 Å². The number of amides is 1. The van der Waals surface area contributed by atoms with Crippen LogP contribution in [0.1, 0.15) is 19.3 Å². The van der Waals surface area contributed by atoms with Gasteiger partial charge in [-0.2, -0.15) is 0 Å². The third-order valence-electron chi connectivity index (χ3n) is 2.41. The molecule has 1 saturated heterocycles. The van der Waals surface area contributed by atoms with Gasteiger partial charge >= 0.3 is 0 Å². The highest BCUT2D eigenvalue weighted by Crippen LogP contribution is 2.06. The average molecular weight is 212 g/mol. The summed E-state index contributed by atoms with van der Waals surface area (Å²) in [6.07, 6.45) is 4.84. The van der Waals surface area contributed by atoms with Crippen molar-refractivity contribution in [3.63, 3.8) is 0 Å². The molecule has 1 amide bonds. The van der Waals surface area contributed by atoms with Crippen LogP contribution in [0.3, 0.4) is 0 Å². The number of carbonyl (C=O) groups excluding carboxylic acids is 1. The first-order valence-corrected chi connectivity index (χ1v) is 5.53. The molecule has 0 aliphatic carbocycles. The Morgan fingerprint density at radius 2 is 2.27 bits per heavy atom. The van der Waals surface area contributed by atoms with Gasteiger partial charge in [-0.15, -0.1) is 6.58 Å². The molecular weight excluding hydrogens is 192 g/mol. The van der Waals surface area contributed by atoms with Gasteiger partial charge in [0.15, 0.2) is 0 Å². The van der Waals surface area contributed by atoms with Gasteiger partial charge in [-0.1, -0.05) is 6.08 Å². The van der Waals surface area contributed by atoms with E-state index in [0.29, 0.717) is 6.54 Å². The lowest BCUT2D eigenvalue weighted by Crippen LogP contribution is -2.35. The quantitative estimate of drug-likeness (QED) is 0.496. The molecule has 4 heteroatoms. The lowest BCUT2D eigenvalue weighted by molar-refractivity contribution is -0.128. The van der Waals surface area contributed by atoms with Crippen molar-refractivity contribution in [2.45, 2.75) is 25.4 Å². The maximum atomic E-state index is 11.3. The maximum absolute atomic E-state index is 11.3. The van der Waals surface area contributed by atoms with Gasteiger partial charge in [0, 0.05) is 6.54 Å². The molecule has 2 N–H and O–H groups in total. The van der Waals surface area contributed by atoms with Gasteiger partial charge in [0.1, 0.15) is 6.61 Å². The molecule has 1 aliphatic heterocycles. The summed E-state index contributed by atoms with van der Waals surface area (Å²) < 4.78 is 5.50. The zero-order valence-electron chi connectivity index (χ0n) is 9.13. The number of hydrogen-bond acceptors (Lipinski definition) is 3. The Hall–Kier alpha value is -0.870. The zero-order valence-corrected chi connectivity index (χ0v) is 9.13. The zero-order chi connectivity index (χ0) is 10.9. The van der Waals surface area contributed by atoms with Gasteiger partial charge in [0.25, 0.3) is 0 Å². The van der Waals surface area contributed by atoms with Gasteiger partial charge in [0.05, 0.1) is 6.10 Å². The highest BCUT2D eigenvalue weighted by atomic mass is 16.5. The van der Waals surface area contributed by atoms with Crippen molar-refractivity contribution in [3.05, 3.63) is 12.7 Å².